The van der Waals surface area contributed by atoms with E-state index in [0.29, 0.717) is 60.9 Å². The van der Waals surface area contributed by atoms with Crippen LogP contribution in [0.2, 0.25) is 0 Å². The molecule has 8 heteroatoms. The van der Waals surface area contributed by atoms with Gasteiger partial charge in [0.2, 0.25) is 11.5 Å². The van der Waals surface area contributed by atoms with E-state index in [-0.39, 0.29) is 24.0 Å². The first-order valence-electron chi connectivity index (χ1n) is 13.6. The van der Waals surface area contributed by atoms with Crippen molar-refractivity contribution < 1.29 is 37.9 Å². The molecule has 0 spiro atoms. The summed E-state index contributed by atoms with van der Waals surface area (Å²) in [7, 11) is 6.59. The van der Waals surface area contributed by atoms with Gasteiger partial charge in [-0.1, -0.05) is 26.7 Å². The molecule has 38 heavy (non-hydrogen) atoms. The monoisotopic (exact) mass is 530 g/mol. The van der Waals surface area contributed by atoms with Crippen LogP contribution in [0.4, 0.5) is 0 Å². The van der Waals surface area contributed by atoms with Gasteiger partial charge in [-0.2, -0.15) is 0 Å². The molecule has 4 atom stereocenters. The lowest BCUT2D eigenvalue weighted by atomic mass is 9.84. The molecule has 2 saturated heterocycles. The summed E-state index contributed by atoms with van der Waals surface area (Å²) in [5.74, 6) is 4.19. The van der Waals surface area contributed by atoms with Gasteiger partial charge in [0, 0.05) is 11.8 Å². The molecule has 210 valence electrons. The zero-order valence-electron chi connectivity index (χ0n) is 23.5. The van der Waals surface area contributed by atoms with Crippen LogP contribution in [-0.4, -0.2) is 54.9 Å². The second-order valence-electron chi connectivity index (χ2n) is 9.75. The predicted octanol–water partition coefficient (Wildman–Crippen LogP) is 6.15. The molecular weight excluding hydrogens is 488 g/mol. The molecule has 8 nitrogen and oxygen atoms in total. The smallest absolute Gasteiger partial charge is 0.203 e. The van der Waals surface area contributed by atoms with E-state index >= 15 is 0 Å². The minimum Gasteiger partial charge on any atom is -0.493 e. The highest BCUT2D eigenvalue weighted by Gasteiger charge is 2.48. The number of fused-ring (bicyclic) bond motifs is 1. The van der Waals surface area contributed by atoms with Crippen LogP contribution in [0.1, 0.15) is 62.9 Å². The van der Waals surface area contributed by atoms with E-state index in [1.54, 1.807) is 28.4 Å². The summed E-state index contributed by atoms with van der Waals surface area (Å²) in [6, 6.07) is 7.99. The molecule has 0 N–H and O–H groups in total. The van der Waals surface area contributed by atoms with Crippen molar-refractivity contribution >= 4 is 0 Å². The summed E-state index contributed by atoms with van der Waals surface area (Å²) < 4.78 is 47.5. The Hall–Kier alpha value is -2.84. The average molecular weight is 531 g/mol. The first-order chi connectivity index (χ1) is 18.6. The Morgan fingerprint density at radius 3 is 1.24 bits per heavy atom. The number of unbranched alkanes of at least 4 members (excludes halogenated alkanes) is 2. The molecule has 2 fully saturated rings. The molecule has 0 saturated carbocycles. The van der Waals surface area contributed by atoms with Crippen molar-refractivity contribution in [2.24, 2.45) is 11.8 Å². The molecule has 2 aromatic carbocycles. The van der Waals surface area contributed by atoms with Crippen LogP contribution in [0.15, 0.2) is 24.3 Å². The van der Waals surface area contributed by atoms with Crippen LogP contribution in [0.3, 0.4) is 0 Å². The molecule has 2 aromatic rings. The van der Waals surface area contributed by atoms with Crippen LogP contribution in [0, 0.1) is 11.8 Å². The number of hydrogen-bond acceptors (Lipinski definition) is 8. The minimum absolute atomic E-state index is 0.141. The molecule has 0 bridgehead atoms. The number of ether oxygens (including phenoxy) is 8. The second kappa shape index (κ2) is 13.3. The Balaban J connectivity index is 1.57. The van der Waals surface area contributed by atoms with Crippen molar-refractivity contribution in [3.05, 3.63) is 35.4 Å². The summed E-state index contributed by atoms with van der Waals surface area (Å²) in [5.41, 5.74) is 1.99. The lowest BCUT2D eigenvalue weighted by molar-refractivity contribution is 0.0190. The first kappa shape index (κ1) is 28.2. The van der Waals surface area contributed by atoms with Crippen LogP contribution >= 0.6 is 0 Å². The van der Waals surface area contributed by atoms with Gasteiger partial charge in [0.05, 0.1) is 67.1 Å². The van der Waals surface area contributed by atoms with Crippen LogP contribution in [0.5, 0.6) is 34.5 Å². The summed E-state index contributed by atoms with van der Waals surface area (Å²) >= 11 is 0. The summed E-state index contributed by atoms with van der Waals surface area (Å²) in [4.78, 5) is 0. The molecule has 0 unspecified atom stereocenters. The summed E-state index contributed by atoms with van der Waals surface area (Å²) in [6.07, 6.45) is 3.74. The number of methoxy groups -OCH3 is 4. The van der Waals surface area contributed by atoms with Crippen molar-refractivity contribution in [3.63, 3.8) is 0 Å². The Morgan fingerprint density at radius 1 is 0.605 bits per heavy atom. The van der Waals surface area contributed by atoms with Gasteiger partial charge in [0.15, 0.2) is 23.0 Å². The third kappa shape index (κ3) is 5.76. The molecule has 2 heterocycles. The molecule has 0 radical (unpaired) electrons. The fraction of sp³-hybridized carbons (Fsp3) is 0.600. The fourth-order valence-corrected chi connectivity index (χ4v) is 5.29. The molecule has 2 aliphatic heterocycles. The van der Waals surface area contributed by atoms with Crippen LogP contribution in [-0.2, 0) is 9.47 Å². The van der Waals surface area contributed by atoms with Crippen molar-refractivity contribution in [2.75, 3.05) is 54.9 Å². The van der Waals surface area contributed by atoms with Gasteiger partial charge in [-0.05, 0) is 48.2 Å². The van der Waals surface area contributed by atoms with Crippen LogP contribution < -0.4 is 28.4 Å². The zero-order valence-corrected chi connectivity index (χ0v) is 23.5. The highest BCUT2D eigenvalue weighted by molar-refractivity contribution is 5.56. The van der Waals surface area contributed by atoms with Gasteiger partial charge in [-0.3, -0.25) is 0 Å². The van der Waals surface area contributed by atoms with E-state index in [9.17, 15) is 0 Å². The summed E-state index contributed by atoms with van der Waals surface area (Å²) in [5, 5.41) is 0. The van der Waals surface area contributed by atoms with Crippen molar-refractivity contribution in [3.8, 4) is 34.5 Å². The van der Waals surface area contributed by atoms with Gasteiger partial charge in [0.25, 0.3) is 0 Å². The maximum Gasteiger partial charge on any atom is 0.203 e. The Bertz CT molecular complexity index is 921. The van der Waals surface area contributed by atoms with Gasteiger partial charge in [-0.25, -0.2) is 0 Å². The minimum atomic E-state index is -0.141. The van der Waals surface area contributed by atoms with E-state index < -0.39 is 0 Å². The van der Waals surface area contributed by atoms with Gasteiger partial charge >= 0.3 is 0 Å². The quantitative estimate of drug-likeness (QED) is 0.269. The number of hydrogen-bond donors (Lipinski definition) is 0. The predicted molar refractivity (Wildman–Crippen MR) is 144 cm³/mol. The first-order valence-corrected chi connectivity index (χ1v) is 13.6. The van der Waals surface area contributed by atoms with Crippen LogP contribution in [0.25, 0.3) is 0 Å². The maximum absolute atomic E-state index is 6.38. The van der Waals surface area contributed by atoms with E-state index in [1.165, 1.54) is 0 Å². The standard InChI is InChI=1S/C30H42O8/c1-7-9-11-35-29-23(31-3)13-19(14-24(29)32-4)27-21-17-38-28(22(21)18-37-27)20-15-25(33-5)30(26(16-20)34-6)36-12-10-8-2/h13-16,21-22,27-28H,7-12,17-18H2,1-6H3/t21-,22-,27+,28+/m0/s1. The van der Waals surface area contributed by atoms with E-state index in [4.69, 9.17) is 37.9 Å². The molecule has 2 aliphatic rings. The van der Waals surface area contributed by atoms with Gasteiger partial charge < -0.3 is 37.9 Å². The zero-order chi connectivity index (χ0) is 27.1. The van der Waals surface area contributed by atoms with Gasteiger partial charge in [-0.15, -0.1) is 0 Å². The molecule has 0 aliphatic carbocycles. The lowest BCUT2D eigenvalue weighted by Crippen LogP contribution is -2.15. The maximum atomic E-state index is 6.38. The van der Waals surface area contributed by atoms with Gasteiger partial charge in [0.1, 0.15) is 0 Å². The molecular formula is C30H42O8. The van der Waals surface area contributed by atoms with E-state index in [2.05, 4.69) is 13.8 Å². The normalized spacial score (nSPS) is 22.2. The molecule has 0 amide bonds. The van der Waals surface area contributed by atoms with Crippen molar-refractivity contribution in [1.29, 1.82) is 0 Å². The lowest BCUT2D eigenvalue weighted by Gasteiger charge is -2.21. The van der Waals surface area contributed by atoms with Crippen molar-refractivity contribution in [2.45, 2.75) is 51.7 Å². The molecule has 0 aromatic heterocycles. The topological polar surface area (TPSA) is 73.8 Å². The van der Waals surface area contributed by atoms with Crippen molar-refractivity contribution in [1.82, 2.24) is 0 Å². The third-order valence-electron chi connectivity index (χ3n) is 7.38. The van der Waals surface area contributed by atoms with E-state index in [0.717, 1.165) is 36.8 Å². The Kier molecular flexibility index (Phi) is 9.86. The highest BCUT2D eigenvalue weighted by Crippen LogP contribution is 2.53. The highest BCUT2D eigenvalue weighted by atomic mass is 16.5. The largest absolute Gasteiger partial charge is 0.493 e. The Morgan fingerprint density at radius 2 is 0.947 bits per heavy atom. The number of rotatable bonds is 14. The third-order valence-corrected chi connectivity index (χ3v) is 7.38. The average Bonchev–Trinajstić information content (AvgIpc) is 3.55. The second-order valence-corrected chi connectivity index (χ2v) is 9.75. The fourth-order valence-electron chi connectivity index (χ4n) is 5.29. The Labute approximate surface area is 226 Å². The number of benzene rings is 2. The summed E-state index contributed by atoms with van der Waals surface area (Å²) in [6.45, 7) is 6.65. The molecule has 4 rings (SSSR count). The van der Waals surface area contributed by atoms with E-state index in [1.807, 2.05) is 24.3 Å². The SMILES string of the molecule is CCCCOc1c(OC)cc([C@H]2OC[C@H]3[C@@H]2CO[C@@H]3c2cc(OC)c(OCCCC)c(OC)c2)cc1OC.